The standard InChI is InChI=1S/C25H26FN7/c1-2-15-3-5-17(26)10-20(15)16-4-6-19(21(27)9-16)24(28)25-31-22-13-33(14-23(22)32-25)12-18-11-29-7-8-30-18/h3-10,28-29H,2,11-14,27H2,1H3,(H,31,32). The van der Waals surface area contributed by atoms with Gasteiger partial charge in [-0.15, -0.1) is 0 Å². The number of anilines is 1. The van der Waals surface area contributed by atoms with Crippen molar-refractivity contribution in [3.8, 4) is 11.1 Å². The number of aryl methyl sites for hydroxylation is 1. The molecule has 0 saturated carbocycles. The van der Waals surface area contributed by atoms with Crippen molar-refractivity contribution in [2.75, 3.05) is 18.8 Å². The quantitative estimate of drug-likeness (QED) is 0.345. The molecule has 168 valence electrons. The number of hydrogen-bond donors (Lipinski definition) is 4. The van der Waals surface area contributed by atoms with Gasteiger partial charge in [0.2, 0.25) is 0 Å². The van der Waals surface area contributed by atoms with Gasteiger partial charge in [-0.25, -0.2) is 9.37 Å². The van der Waals surface area contributed by atoms with Crippen LogP contribution in [0.3, 0.4) is 0 Å². The normalized spacial score (nSPS) is 15.3. The van der Waals surface area contributed by atoms with Gasteiger partial charge in [0.1, 0.15) is 11.5 Å². The molecule has 0 amide bonds. The summed E-state index contributed by atoms with van der Waals surface area (Å²) in [6.45, 7) is 5.04. The number of imidazole rings is 1. The van der Waals surface area contributed by atoms with E-state index >= 15 is 0 Å². The van der Waals surface area contributed by atoms with Crippen LogP contribution in [0.5, 0.6) is 0 Å². The second-order valence-electron chi connectivity index (χ2n) is 8.38. The highest BCUT2D eigenvalue weighted by molar-refractivity contribution is 6.12. The zero-order valence-electron chi connectivity index (χ0n) is 18.5. The van der Waals surface area contributed by atoms with Crippen molar-refractivity contribution in [2.45, 2.75) is 26.4 Å². The summed E-state index contributed by atoms with van der Waals surface area (Å²) in [7, 11) is 0. The van der Waals surface area contributed by atoms with Crippen LogP contribution in [-0.4, -0.2) is 39.4 Å². The lowest BCUT2D eigenvalue weighted by Crippen LogP contribution is -2.32. The zero-order chi connectivity index (χ0) is 22.9. The van der Waals surface area contributed by atoms with E-state index in [1.165, 1.54) is 12.1 Å². The second kappa shape index (κ2) is 8.63. The molecule has 0 saturated heterocycles. The van der Waals surface area contributed by atoms with Gasteiger partial charge in [-0.3, -0.25) is 15.3 Å². The smallest absolute Gasteiger partial charge is 0.156 e. The molecule has 7 nitrogen and oxygen atoms in total. The number of fused-ring (bicyclic) bond motifs is 1. The van der Waals surface area contributed by atoms with Crippen LogP contribution < -0.4 is 11.1 Å². The van der Waals surface area contributed by atoms with Crippen LogP contribution in [0.1, 0.15) is 35.3 Å². The second-order valence-corrected chi connectivity index (χ2v) is 8.38. The number of nitrogen functional groups attached to an aromatic ring is 1. The maximum Gasteiger partial charge on any atom is 0.156 e. The van der Waals surface area contributed by atoms with Crippen molar-refractivity contribution in [3.63, 3.8) is 0 Å². The van der Waals surface area contributed by atoms with Gasteiger partial charge in [0.05, 0.1) is 23.6 Å². The minimum atomic E-state index is -0.278. The molecule has 2 aliphatic rings. The third-order valence-electron chi connectivity index (χ3n) is 6.10. The van der Waals surface area contributed by atoms with Gasteiger partial charge in [0.15, 0.2) is 5.82 Å². The van der Waals surface area contributed by atoms with E-state index in [0.29, 0.717) is 17.1 Å². The van der Waals surface area contributed by atoms with E-state index in [1.807, 2.05) is 31.3 Å². The lowest BCUT2D eigenvalue weighted by Gasteiger charge is -2.17. The molecule has 0 atom stereocenters. The molecule has 0 fully saturated rings. The number of halogens is 1. The minimum absolute atomic E-state index is 0.251. The molecule has 5 rings (SSSR count). The Balaban J connectivity index is 1.33. The molecule has 0 unspecified atom stereocenters. The predicted molar refractivity (Wildman–Crippen MR) is 129 cm³/mol. The summed E-state index contributed by atoms with van der Waals surface area (Å²) in [5, 5.41) is 11.9. The summed E-state index contributed by atoms with van der Waals surface area (Å²) in [5.41, 5.74) is 13.5. The van der Waals surface area contributed by atoms with Crippen molar-refractivity contribution < 1.29 is 4.39 Å². The molecular formula is C25H26FN7. The van der Waals surface area contributed by atoms with E-state index in [0.717, 1.165) is 66.4 Å². The molecule has 8 heteroatoms. The summed E-state index contributed by atoms with van der Waals surface area (Å²) in [5.74, 6) is 0.235. The molecular weight excluding hydrogens is 417 g/mol. The first-order chi connectivity index (χ1) is 16.0. The number of nitrogens with zero attached hydrogens (tertiary/aromatic N) is 3. The average Bonchev–Trinajstić information content (AvgIpc) is 3.38. The third kappa shape index (κ3) is 4.17. The van der Waals surface area contributed by atoms with Crippen molar-refractivity contribution in [2.24, 2.45) is 4.99 Å². The topological polar surface area (TPSA) is 106 Å². The Kier molecular flexibility index (Phi) is 5.51. The zero-order valence-corrected chi connectivity index (χ0v) is 18.5. The van der Waals surface area contributed by atoms with E-state index in [1.54, 1.807) is 12.3 Å². The van der Waals surface area contributed by atoms with E-state index < -0.39 is 0 Å². The van der Waals surface area contributed by atoms with Crippen molar-refractivity contribution in [1.29, 1.82) is 5.41 Å². The number of nitrogens with two attached hydrogens (primary N) is 1. The Morgan fingerprint density at radius 2 is 2.09 bits per heavy atom. The van der Waals surface area contributed by atoms with E-state index in [4.69, 9.17) is 11.1 Å². The highest BCUT2D eigenvalue weighted by Gasteiger charge is 2.26. The SMILES string of the molecule is CCc1ccc(F)cc1-c1ccc(C(=N)c2nc3c([nH]2)CN(CC2=NC=CNC2)C3)c(N)c1. The molecule has 0 bridgehead atoms. The lowest BCUT2D eigenvalue weighted by atomic mass is 9.95. The van der Waals surface area contributed by atoms with Crippen LogP contribution >= 0.6 is 0 Å². The van der Waals surface area contributed by atoms with Gasteiger partial charge in [0.25, 0.3) is 0 Å². The monoisotopic (exact) mass is 443 g/mol. The van der Waals surface area contributed by atoms with Gasteiger partial charge < -0.3 is 16.0 Å². The molecule has 2 aromatic carbocycles. The summed E-state index contributed by atoms with van der Waals surface area (Å²) in [4.78, 5) is 14.7. The van der Waals surface area contributed by atoms with E-state index in [2.05, 4.69) is 25.2 Å². The number of nitrogens with one attached hydrogen (secondary N) is 3. The number of benzene rings is 2. The molecule has 1 aromatic heterocycles. The first-order valence-electron chi connectivity index (χ1n) is 11.0. The minimum Gasteiger partial charge on any atom is -0.398 e. The molecule has 2 aliphatic heterocycles. The molecule has 0 spiro atoms. The summed E-state index contributed by atoms with van der Waals surface area (Å²) < 4.78 is 13.8. The molecule has 5 N–H and O–H groups in total. The maximum absolute atomic E-state index is 13.8. The molecule has 0 radical (unpaired) electrons. The van der Waals surface area contributed by atoms with Gasteiger partial charge >= 0.3 is 0 Å². The first kappa shape index (κ1) is 21.1. The fourth-order valence-electron chi connectivity index (χ4n) is 4.41. The summed E-state index contributed by atoms with van der Waals surface area (Å²) in [6, 6.07) is 10.3. The highest BCUT2D eigenvalue weighted by Crippen LogP contribution is 2.30. The van der Waals surface area contributed by atoms with Crippen molar-refractivity contribution in [1.82, 2.24) is 20.2 Å². The van der Waals surface area contributed by atoms with Gasteiger partial charge in [-0.1, -0.05) is 25.1 Å². The summed E-state index contributed by atoms with van der Waals surface area (Å²) >= 11 is 0. The number of aromatic nitrogens is 2. The van der Waals surface area contributed by atoms with Crippen LogP contribution in [0.15, 0.2) is 53.8 Å². The van der Waals surface area contributed by atoms with E-state index in [9.17, 15) is 4.39 Å². The Bertz CT molecular complexity index is 1260. The predicted octanol–water partition coefficient (Wildman–Crippen LogP) is 3.61. The molecule has 3 aromatic rings. The average molecular weight is 444 g/mol. The third-order valence-corrected chi connectivity index (χ3v) is 6.10. The molecule has 0 aliphatic carbocycles. The number of aliphatic imine (C=N–C) groups is 1. The van der Waals surface area contributed by atoms with Crippen LogP contribution in [-0.2, 0) is 19.5 Å². The van der Waals surface area contributed by atoms with Gasteiger partial charge in [0, 0.05) is 43.3 Å². The highest BCUT2D eigenvalue weighted by atomic mass is 19.1. The molecule has 3 heterocycles. The fraction of sp³-hybridized carbons (Fsp3) is 0.240. The Labute approximate surface area is 191 Å². The largest absolute Gasteiger partial charge is 0.398 e. The van der Waals surface area contributed by atoms with E-state index in [-0.39, 0.29) is 11.5 Å². The number of rotatable bonds is 6. The van der Waals surface area contributed by atoms with Gasteiger partial charge in [-0.2, -0.15) is 0 Å². The van der Waals surface area contributed by atoms with Crippen LogP contribution in [0.25, 0.3) is 11.1 Å². The Morgan fingerprint density at radius 3 is 2.82 bits per heavy atom. The number of hydrogen-bond acceptors (Lipinski definition) is 6. The van der Waals surface area contributed by atoms with Crippen molar-refractivity contribution >= 4 is 17.1 Å². The Hall–Kier alpha value is -3.78. The van der Waals surface area contributed by atoms with Gasteiger partial charge in [-0.05, 0) is 41.3 Å². The van der Waals surface area contributed by atoms with Crippen LogP contribution in [0, 0.1) is 11.2 Å². The molecule has 33 heavy (non-hydrogen) atoms. The maximum atomic E-state index is 13.8. The summed E-state index contributed by atoms with van der Waals surface area (Å²) in [6.07, 6.45) is 4.41. The lowest BCUT2D eigenvalue weighted by molar-refractivity contribution is 0.320. The van der Waals surface area contributed by atoms with Crippen molar-refractivity contribution in [3.05, 3.63) is 83.0 Å². The van der Waals surface area contributed by atoms with Crippen LogP contribution in [0.4, 0.5) is 10.1 Å². The van der Waals surface area contributed by atoms with Crippen LogP contribution in [0.2, 0.25) is 0 Å². The first-order valence-corrected chi connectivity index (χ1v) is 11.0. The number of H-pyrrole nitrogens is 1. The fourth-order valence-corrected chi connectivity index (χ4v) is 4.41. The number of aromatic amines is 1. The Morgan fingerprint density at radius 1 is 1.21 bits per heavy atom.